The van der Waals surface area contributed by atoms with Gasteiger partial charge in [0.1, 0.15) is 5.75 Å². The molecule has 1 saturated carbocycles. The number of anilines is 1. The van der Waals surface area contributed by atoms with Crippen LogP contribution in [0.1, 0.15) is 45.4 Å². The van der Waals surface area contributed by atoms with E-state index in [0.717, 1.165) is 24.4 Å². The standard InChI is InChI=1S/C14H22N2O/c1-2-8-16-12-9-14(11-15-10-12)17-13-6-4-3-5-7-13/h9-11,13,16H,2-8H2,1H3. The minimum absolute atomic E-state index is 0.395. The molecule has 0 bridgehead atoms. The van der Waals surface area contributed by atoms with Crippen LogP contribution < -0.4 is 10.1 Å². The number of nitrogens with zero attached hydrogens (tertiary/aromatic N) is 1. The van der Waals surface area contributed by atoms with Crippen molar-refractivity contribution in [2.75, 3.05) is 11.9 Å². The minimum atomic E-state index is 0.395. The van der Waals surface area contributed by atoms with Crippen LogP contribution in [0.2, 0.25) is 0 Å². The first-order chi connectivity index (χ1) is 8.38. The maximum atomic E-state index is 5.97. The number of rotatable bonds is 5. The van der Waals surface area contributed by atoms with Crippen LogP contribution >= 0.6 is 0 Å². The summed E-state index contributed by atoms with van der Waals surface area (Å²) in [5.41, 5.74) is 1.06. The van der Waals surface area contributed by atoms with E-state index in [1.54, 1.807) is 0 Å². The molecule has 1 aliphatic carbocycles. The van der Waals surface area contributed by atoms with Gasteiger partial charge in [-0.3, -0.25) is 4.98 Å². The molecule has 0 atom stereocenters. The molecule has 1 aliphatic rings. The van der Waals surface area contributed by atoms with E-state index in [9.17, 15) is 0 Å². The second-order valence-electron chi connectivity index (χ2n) is 4.71. The predicted molar refractivity (Wildman–Crippen MR) is 70.5 cm³/mol. The van der Waals surface area contributed by atoms with Crippen LogP contribution in [0.25, 0.3) is 0 Å². The van der Waals surface area contributed by atoms with Crippen LogP contribution in [-0.4, -0.2) is 17.6 Å². The lowest BCUT2D eigenvalue weighted by Crippen LogP contribution is -2.19. The van der Waals surface area contributed by atoms with Gasteiger partial charge in [0.25, 0.3) is 0 Å². The molecule has 0 aromatic carbocycles. The summed E-state index contributed by atoms with van der Waals surface area (Å²) in [6.07, 6.45) is 11.5. The van der Waals surface area contributed by atoms with E-state index in [1.807, 2.05) is 12.4 Å². The summed E-state index contributed by atoms with van der Waals surface area (Å²) in [6.45, 7) is 3.14. The maximum Gasteiger partial charge on any atom is 0.140 e. The van der Waals surface area contributed by atoms with E-state index in [-0.39, 0.29) is 0 Å². The molecule has 0 aliphatic heterocycles. The summed E-state index contributed by atoms with van der Waals surface area (Å²) in [7, 11) is 0. The van der Waals surface area contributed by atoms with E-state index in [1.165, 1.54) is 32.1 Å². The normalized spacial score (nSPS) is 16.8. The van der Waals surface area contributed by atoms with Crippen LogP contribution in [0.4, 0.5) is 5.69 Å². The first-order valence-electron chi connectivity index (χ1n) is 6.74. The molecule has 3 nitrogen and oxygen atoms in total. The summed E-state index contributed by atoms with van der Waals surface area (Å²) >= 11 is 0. The molecule has 0 spiro atoms. The maximum absolute atomic E-state index is 5.97. The van der Waals surface area contributed by atoms with E-state index < -0.39 is 0 Å². The fourth-order valence-electron chi connectivity index (χ4n) is 2.22. The Balaban J connectivity index is 1.90. The Hall–Kier alpha value is -1.25. The highest BCUT2D eigenvalue weighted by atomic mass is 16.5. The van der Waals surface area contributed by atoms with Gasteiger partial charge in [-0.05, 0) is 32.1 Å². The molecule has 1 aromatic heterocycles. The van der Waals surface area contributed by atoms with E-state index >= 15 is 0 Å². The molecule has 3 heteroatoms. The molecular weight excluding hydrogens is 212 g/mol. The zero-order chi connectivity index (χ0) is 11.9. The number of hydrogen-bond donors (Lipinski definition) is 1. The molecule has 94 valence electrons. The smallest absolute Gasteiger partial charge is 0.140 e. The van der Waals surface area contributed by atoms with Crippen molar-refractivity contribution in [3.63, 3.8) is 0 Å². The highest BCUT2D eigenvalue weighted by molar-refractivity contribution is 5.45. The highest BCUT2D eigenvalue weighted by Crippen LogP contribution is 2.24. The van der Waals surface area contributed by atoms with Gasteiger partial charge in [0.15, 0.2) is 0 Å². The van der Waals surface area contributed by atoms with Gasteiger partial charge in [-0.1, -0.05) is 13.3 Å². The fraction of sp³-hybridized carbons (Fsp3) is 0.643. The summed E-state index contributed by atoms with van der Waals surface area (Å²) in [5, 5.41) is 3.33. The molecule has 17 heavy (non-hydrogen) atoms. The molecule has 1 aromatic rings. The topological polar surface area (TPSA) is 34.2 Å². The SMILES string of the molecule is CCCNc1cncc(OC2CCCCC2)c1. The first-order valence-corrected chi connectivity index (χ1v) is 6.74. The van der Waals surface area contributed by atoms with E-state index in [0.29, 0.717) is 6.10 Å². The number of hydrogen-bond acceptors (Lipinski definition) is 3. The number of nitrogens with one attached hydrogen (secondary N) is 1. The third kappa shape index (κ3) is 3.91. The Kier molecular flexibility index (Phi) is 4.65. The van der Waals surface area contributed by atoms with E-state index in [2.05, 4.69) is 23.3 Å². The molecule has 0 radical (unpaired) electrons. The van der Waals surface area contributed by atoms with Crippen molar-refractivity contribution in [1.82, 2.24) is 4.98 Å². The van der Waals surface area contributed by atoms with Crippen molar-refractivity contribution in [1.29, 1.82) is 0 Å². The van der Waals surface area contributed by atoms with Gasteiger partial charge in [0.05, 0.1) is 24.2 Å². The van der Waals surface area contributed by atoms with Crippen LogP contribution in [0.15, 0.2) is 18.5 Å². The lowest BCUT2D eigenvalue weighted by molar-refractivity contribution is 0.154. The number of ether oxygens (including phenoxy) is 1. The second-order valence-corrected chi connectivity index (χ2v) is 4.71. The summed E-state index contributed by atoms with van der Waals surface area (Å²) in [6, 6.07) is 2.05. The predicted octanol–water partition coefficient (Wildman–Crippen LogP) is 3.62. The van der Waals surface area contributed by atoms with Gasteiger partial charge in [-0.2, -0.15) is 0 Å². The lowest BCUT2D eigenvalue weighted by atomic mass is 9.98. The van der Waals surface area contributed by atoms with Crippen molar-refractivity contribution in [3.05, 3.63) is 18.5 Å². The number of pyridine rings is 1. The Labute approximate surface area is 104 Å². The highest BCUT2D eigenvalue weighted by Gasteiger charge is 2.14. The van der Waals surface area contributed by atoms with Crippen molar-refractivity contribution < 1.29 is 4.74 Å². The van der Waals surface area contributed by atoms with Crippen LogP contribution in [0, 0.1) is 0 Å². The van der Waals surface area contributed by atoms with Crippen molar-refractivity contribution >= 4 is 5.69 Å². The van der Waals surface area contributed by atoms with Crippen molar-refractivity contribution in [2.24, 2.45) is 0 Å². The van der Waals surface area contributed by atoms with Crippen molar-refractivity contribution in [2.45, 2.75) is 51.6 Å². The minimum Gasteiger partial charge on any atom is -0.489 e. The molecule has 1 heterocycles. The second kappa shape index (κ2) is 6.48. The Morgan fingerprint density at radius 1 is 1.29 bits per heavy atom. The van der Waals surface area contributed by atoms with Gasteiger partial charge in [-0.15, -0.1) is 0 Å². The molecule has 1 N–H and O–H groups in total. The Morgan fingerprint density at radius 2 is 2.12 bits per heavy atom. The molecule has 0 unspecified atom stereocenters. The van der Waals surface area contributed by atoms with E-state index in [4.69, 9.17) is 4.74 Å². The fourth-order valence-corrected chi connectivity index (χ4v) is 2.22. The molecule has 1 fully saturated rings. The average Bonchev–Trinajstić information content (AvgIpc) is 2.38. The zero-order valence-electron chi connectivity index (χ0n) is 10.6. The summed E-state index contributed by atoms with van der Waals surface area (Å²) in [5.74, 6) is 0.901. The molecule has 0 amide bonds. The third-order valence-electron chi connectivity index (χ3n) is 3.15. The molecule has 2 rings (SSSR count). The quantitative estimate of drug-likeness (QED) is 0.845. The Bertz CT molecular complexity index is 335. The van der Waals surface area contributed by atoms with Gasteiger partial charge < -0.3 is 10.1 Å². The summed E-state index contributed by atoms with van der Waals surface area (Å²) < 4.78 is 5.97. The largest absolute Gasteiger partial charge is 0.489 e. The Morgan fingerprint density at radius 3 is 2.88 bits per heavy atom. The number of aromatic nitrogens is 1. The van der Waals surface area contributed by atoms with Gasteiger partial charge in [-0.25, -0.2) is 0 Å². The van der Waals surface area contributed by atoms with Crippen molar-refractivity contribution in [3.8, 4) is 5.75 Å². The first kappa shape index (κ1) is 12.2. The van der Waals surface area contributed by atoms with Gasteiger partial charge in [0.2, 0.25) is 0 Å². The lowest BCUT2D eigenvalue weighted by Gasteiger charge is -2.23. The molecule has 0 saturated heterocycles. The zero-order valence-corrected chi connectivity index (χ0v) is 10.6. The van der Waals surface area contributed by atoms with Crippen LogP contribution in [0.5, 0.6) is 5.75 Å². The van der Waals surface area contributed by atoms with Gasteiger partial charge >= 0.3 is 0 Å². The summed E-state index contributed by atoms with van der Waals surface area (Å²) in [4.78, 5) is 4.22. The third-order valence-corrected chi connectivity index (χ3v) is 3.15. The monoisotopic (exact) mass is 234 g/mol. The average molecular weight is 234 g/mol. The molecular formula is C14H22N2O. The van der Waals surface area contributed by atoms with Crippen LogP contribution in [-0.2, 0) is 0 Å². The van der Waals surface area contributed by atoms with Gasteiger partial charge in [0, 0.05) is 12.6 Å². The van der Waals surface area contributed by atoms with Crippen LogP contribution in [0.3, 0.4) is 0 Å².